The molecule has 7 nitrogen and oxygen atoms in total. The van der Waals surface area contributed by atoms with E-state index in [9.17, 15) is 9.59 Å². The fourth-order valence-corrected chi connectivity index (χ4v) is 3.74. The lowest BCUT2D eigenvalue weighted by atomic mass is 9.90. The molecule has 0 unspecified atom stereocenters. The van der Waals surface area contributed by atoms with Crippen LogP contribution in [-0.4, -0.2) is 16.2 Å². The van der Waals surface area contributed by atoms with Gasteiger partial charge in [-0.1, -0.05) is 30.3 Å². The lowest BCUT2D eigenvalue weighted by molar-refractivity contribution is 0.102. The van der Waals surface area contributed by atoms with E-state index in [2.05, 4.69) is 27.8 Å². The van der Waals surface area contributed by atoms with Crippen LogP contribution < -0.4 is 10.9 Å². The number of nitrogens with one attached hydrogen (secondary N) is 1. The van der Waals surface area contributed by atoms with Crippen LogP contribution in [0.3, 0.4) is 0 Å². The Kier molecular flexibility index (Phi) is 4.20. The summed E-state index contributed by atoms with van der Waals surface area (Å²) in [6.45, 7) is 0. The molecule has 1 N–H and O–H groups in total. The number of amides is 1. The summed E-state index contributed by atoms with van der Waals surface area (Å²) >= 11 is 0. The molecule has 2 heterocycles. The molecule has 144 valence electrons. The van der Waals surface area contributed by atoms with Gasteiger partial charge in [0.15, 0.2) is 5.69 Å². The van der Waals surface area contributed by atoms with Crippen molar-refractivity contribution in [3.8, 4) is 11.3 Å². The molecule has 4 aromatic rings. The minimum absolute atomic E-state index is 0.108. The molecule has 0 atom stereocenters. The second-order valence-corrected chi connectivity index (χ2v) is 7.09. The van der Waals surface area contributed by atoms with Gasteiger partial charge in [0.25, 0.3) is 5.91 Å². The minimum atomic E-state index is -0.715. The lowest BCUT2D eigenvalue weighted by Gasteiger charge is -2.16. The van der Waals surface area contributed by atoms with Crippen molar-refractivity contribution in [2.75, 3.05) is 5.32 Å². The molecule has 5 rings (SSSR count). The molecule has 7 heteroatoms. The Morgan fingerprint density at radius 1 is 0.966 bits per heavy atom. The summed E-state index contributed by atoms with van der Waals surface area (Å²) in [5.74, 6) is -0.460. The molecule has 0 fully saturated rings. The number of benzene rings is 2. The largest absolute Gasteiger partial charge is 0.422 e. The molecular formula is C22H17N3O4. The molecule has 0 saturated heterocycles. The van der Waals surface area contributed by atoms with Gasteiger partial charge >= 0.3 is 5.63 Å². The summed E-state index contributed by atoms with van der Waals surface area (Å²) in [5.41, 5.74) is 3.47. The average Bonchev–Trinajstić information content (AvgIpc) is 3.21. The maximum Gasteiger partial charge on any atom is 0.349 e. The van der Waals surface area contributed by atoms with Gasteiger partial charge in [0.2, 0.25) is 5.82 Å². The first-order valence-corrected chi connectivity index (χ1v) is 9.48. The standard InChI is InChI=1S/C22H17N3O4/c26-21(17-12-15-7-3-4-8-18(15)28-22(17)27)23-20-19(24-29-25-20)16-10-9-13-5-1-2-6-14(13)11-16/h3-4,7-12H,1-2,5-6H2,(H,23,25,26). The van der Waals surface area contributed by atoms with Gasteiger partial charge in [-0.3, -0.25) is 4.79 Å². The fourth-order valence-electron chi connectivity index (χ4n) is 3.74. The van der Waals surface area contributed by atoms with Crippen molar-refractivity contribution in [1.82, 2.24) is 10.3 Å². The fraction of sp³-hybridized carbons (Fsp3) is 0.182. The zero-order valence-corrected chi connectivity index (χ0v) is 15.5. The number of nitrogens with zero attached hydrogens (tertiary/aromatic N) is 2. The van der Waals surface area contributed by atoms with E-state index < -0.39 is 11.5 Å². The Balaban J connectivity index is 1.47. The highest BCUT2D eigenvalue weighted by Gasteiger charge is 2.20. The van der Waals surface area contributed by atoms with E-state index in [1.807, 2.05) is 6.07 Å². The molecule has 0 spiro atoms. The predicted molar refractivity (Wildman–Crippen MR) is 107 cm³/mol. The quantitative estimate of drug-likeness (QED) is 0.534. The number of fused-ring (bicyclic) bond motifs is 2. The first-order chi connectivity index (χ1) is 14.2. The molecule has 0 radical (unpaired) electrons. The SMILES string of the molecule is O=C(Nc1nonc1-c1ccc2c(c1)CCCC2)c1cc2ccccc2oc1=O. The number of rotatable bonds is 3. The molecule has 0 saturated carbocycles. The minimum Gasteiger partial charge on any atom is -0.422 e. The molecule has 0 aliphatic heterocycles. The van der Waals surface area contributed by atoms with Crippen LogP contribution in [0.15, 0.2) is 62.4 Å². The van der Waals surface area contributed by atoms with Crippen LogP contribution in [0, 0.1) is 0 Å². The zero-order chi connectivity index (χ0) is 19.8. The maximum absolute atomic E-state index is 12.7. The van der Waals surface area contributed by atoms with Crippen LogP contribution in [0.5, 0.6) is 0 Å². The Morgan fingerprint density at radius 3 is 2.69 bits per heavy atom. The third-order valence-electron chi connectivity index (χ3n) is 5.23. The Bertz CT molecular complexity index is 1290. The monoisotopic (exact) mass is 387 g/mol. The van der Waals surface area contributed by atoms with Crippen LogP contribution in [0.1, 0.15) is 34.3 Å². The second kappa shape index (κ2) is 7.01. The van der Waals surface area contributed by atoms with Crippen molar-refractivity contribution in [1.29, 1.82) is 0 Å². The predicted octanol–water partition coefficient (Wildman–Crippen LogP) is 3.97. The zero-order valence-electron chi connectivity index (χ0n) is 15.5. The summed E-state index contributed by atoms with van der Waals surface area (Å²) in [4.78, 5) is 24.9. The van der Waals surface area contributed by atoms with Crippen LogP contribution >= 0.6 is 0 Å². The van der Waals surface area contributed by atoms with Crippen molar-refractivity contribution in [2.24, 2.45) is 0 Å². The molecule has 0 bridgehead atoms. The van der Waals surface area contributed by atoms with Gasteiger partial charge in [0, 0.05) is 10.9 Å². The molecule has 2 aromatic heterocycles. The lowest BCUT2D eigenvalue weighted by Crippen LogP contribution is -2.21. The van der Waals surface area contributed by atoms with Crippen molar-refractivity contribution in [3.05, 3.63) is 75.6 Å². The average molecular weight is 387 g/mol. The summed E-state index contributed by atoms with van der Waals surface area (Å²) in [6, 6.07) is 14.6. The second-order valence-electron chi connectivity index (χ2n) is 7.09. The molecule has 29 heavy (non-hydrogen) atoms. The number of para-hydroxylation sites is 1. The smallest absolute Gasteiger partial charge is 0.349 e. The third kappa shape index (κ3) is 3.20. The number of aryl methyl sites for hydroxylation is 2. The first kappa shape index (κ1) is 17.4. The van der Waals surface area contributed by atoms with E-state index in [0.29, 0.717) is 16.7 Å². The van der Waals surface area contributed by atoms with Crippen molar-refractivity contribution >= 4 is 22.7 Å². The van der Waals surface area contributed by atoms with Gasteiger partial charge in [-0.2, -0.15) is 0 Å². The Morgan fingerprint density at radius 2 is 1.79 bits per heavy atom. The van der Waals surface area contributed by atoms with Crippen molar-refractivity contribution < 1.29 is 13.8 Å². The highest BCUT2D eigenvalue weighted by atomic mass is 16.6. The van der Waals surface area contributed by atoms with E-state index in [0.717, 1.165) is 24.8 Å². The van der Waals surface area contributed by atoms with Crippen LogP contribution in [0.2, 0.25) is 0 Å². The highest BCUT2D eigenvalue weighted by Crippen LogP contribution is 2.30. The molecule has 1 amide bonds. The van der Waals surface area contributed by atoms with Crippen LogP contribution in [0.25, 0.3) is 22.2 Å². The summed E-state index contributed by atoms with van der Waals surface area (Å²) in [7, 11) is 0. The summed E-state index contributed by atoms with van der Waals surface area (Å²) in [6.07, 6.45) is 4.46. The van der Waals surface area contributed by atoms with E-state index in [4.69, 9.17) is 9.05 Å². The summed E-state index contributed by atoms with van der Waals surface area (Å²) in [5, 5.41) is 11.0. The number of hydrogen-bond donors (Lipinski definition) is 1. The number of anilines is 1. The van der Waals surface area contributed by atoms with Crippen molar-refractivity contribution in [2.45, 2.75) is 25.7 Å². The van der Waals surface area contributed by atoms with Gasteiger partial charge < -0.3 is 9.73 Å². The topological polar surface area (TPSA) is 98.2 Å². The molecule has 1 aliphatic carbocycles. The molecule has 2 aromatic carbocycles. The molecule has 1 aliphatic rings. The molecular weight excluding hydrogens is 370 g/mol. The van der Waals surface area contributed by atoms with Gasteiger partial charge in [-0.05, 0) is 65.3 Å². The van der Waals surface area contributed by atoms with Gasteiger partial charge in [-0.25, -0.2) is 9.42 Å². The van der Waals surface area contributed by atoms with Gasteiger partial charge in [-0.15, -0.1) is 0 Å². The van der Waals surface area contributed by atoms with E-state index in [1.165, 1.54) is 23.6 Å². The maximum atomic E-state index is 12.7. The van der Waals surface area contributed by atoms with Crippen molar-refractivity contribution in [3.63, 3.8) is 0 Å². The number of carbonyl (C=O) groups is 1. The van der Waals surface area contributed by atoms with Gasteiger partial charge in [0.05, 0.1) is 0 Å². The third-order valence-corrected chi connectivity index (χ3v) is 5.23. The highest BCUT2D eigenvalue weighted by molar-refractivity contribution is 6.06. The number of carbonyl (C=O) groups excluding carboxylic acids is 1. The van der Waals surface area contributed by atoms with Gasteiger partial charge in [0.1, 0.15) is 11.1 Å². The van der Waals surface area contributed by atoms with E-state index >= 15 is 0 Å². The van der Waals surface area contributed by atoms with Crippen LogP contribution in [-0.2, 0) is 12.8 Å². The number of aromatic nitrogens is 2. The first-order valence-electron chi connectivity index (χ1n) is 9.48. The Labute approximate surface area is 165 Å². The normalized spacial score (nSPS) is 13.2. The van der Waals surface area contributed by atoms with E-state index in [1.54, 1.807) is 24.3 Å². The Hall–Kier alpha value is -3.74. The summed E-state index contributed by atoms with van der Waals surface area (Å²) < 4.78 is 10.1. The number of hydrogen-bond acceptors (Lipinski definition) is 6. The van der Waals surface area contributed by atoms with E-state index in [-0.39, 0.29) is 11.4 Å². The van der Waals surface area contributed by atoms with Crippen LogP contribution in [0.4, 0.5) is 5.82 Å².